The number of benzene rings is 1. The van der Waals surface area contributed by atoms with E-state index in [9.17, 15) is 9.90 Å². The molecule has 0 saturated carbocycles. The molecule has 7 nitrogen and oxygen atoms in total. The lowest BCUT2D eigenvalue weighted by Crippen LogP contribution is -2.32. The lowest BCUT2D eigenvalue weighted by molar-refractivity contribution is 0.175. The van der Waals surface area contributed by atoms with Crippen LogP contribution in [0.4, 0.5) is 10.5 Å². The fourth-order valence-electron chi connectivity index (χ4n) is 2.13. The van der Waals surface area contributed by atoms with Crippen molar-refractivity contribution in [2.24, 2.45) is 0 Å². The van der Waals surface area contributed by atoms with E-state index in [-0.39, 0.29) is 6.54 Å². The molecule has 0 aliphatic carbocycles. The van der Waals surface area contributed by atoms with Gasteiger partial charge in [-0.25, -0.2) is 4.79 Å². The van der Waals surface area contributed by atoms with E-state index in [0.717, 1.165) is 11.1 Å². The normalized spacial score (nSPS) is 11.9. The minimum atomic E-state index is -0.729. The summed E-state index contributed by atoms with van der Waals surface area (Å²) >= 11 is 1.50. The fourth-order valence-corrected chi connectivity index (χ4v) is 2.83. The molecular formula is C16H16N4O3S. The van der Waals surface area contributed by atoms with Crippen LogP contribution in [0.2, 0.25) is 0 Å². The Morgan fingerprint density at radius 3 is 3.00 bits per heavy atom. The van der Waals surface area contributed by atoms with Gasteiger partial charge in [0.1, 0.15) is 0 Å². The molecule has 0 aliphatic heterocycles. The van der Waals surface area contributed by atoms with Crippen LogP contribution in [0.5, 0.6) is 0 Å². The highest BCUT2D eigenvalue weighted by Gasteiger charge is 2.12. The first-order valence-corrected chi connectivity index (χ1v) is 8.20. The van der Waals surface area contributed by atoms with Gasteiger partial charge >= 0.3 is 6.03 Å². The topological polar surface area (TPSA) is 100 Å². The SMILES string of the molecule is Cc1ccc(-c2nnco2)cc1NC(=O)NCC(O)c1ccsc1. The van der Waals surface area contributed by atoms with Crippen molar-refractivity contribution in [2.45, 2.75) is 13.0 Å². The van der Waals surface area contributed by atoms with Crippen molar-refractivity contribution in [3.05, 3.63) is 52.5 Å². The van der Waals surface area contributed by atoms with Gasteiger partial charge in [-0.2, -0.15) is 11.3 Å². The van der Waals surface area contributed by atoms with E-state index in [1.54, 1.807) is 6.07 Å². The second-order valence-corrected chi connectivity index (χ2v) is 5.96. The van der Waals surface area contributed by atoms with Gasteiger partial charge < -0.3 is 20.2 Å². The summed E-state index contributed by atoms with van der Waals surface area (Å²) in [7, 11) is 0. The van der Waals surface area contributed by atoms with Crippen LogP contribution in [-0.2, 0) is 0 Å². The zero-order valence-electron chi connectivity index (χ0n) is 12.9. The maximum atomic E-state index is 12.1. The second kappa shape index (κ2) is 7.24. The summed E-state index contributed by atoms with van der Waals surface area (Å²) in [5, 5.41) is 26.6. The molecule has 2 heterocycles. The molecule has 3 aromatic rings. The van der Waals surface area contributed by atoms with Gasteiger partial charge in [-0.15, -0.1) is 10.2 Å². The number of aryl methyl sites for hydroxylation is 1. The highest BCUT2D eigenvalue weighted by atomic mass is 32.1. The first-order chi connectivity index (χ1) is 11.6. The van der Waals surface area contributed by atoms with Crippen molar-refractivity contribution in [1.29, 1.82) is 0 Å². The Kier molecular flexibility index (Phi) is 4.88. The third-order valence-corrected chi connectivity index (χ3v) is 4.18. The van der Waals surface area contributed by atoms with Gasteiger partial charge in [0.05, 0.1) is 6.10 Å². The van der Waals surface area contributed by atoms with Crippen molar-refractivity contribution in [3.8, 4) is 11.5 Å². The van der Waals surface area contributed by atoms with Crippen LogP contribution in [0, 0.1) is 6.92 Å². The van der Waals surface area contributed by atoms with E-state index in [2.05, 4.69) is 20.8 Å². The Bertz CT molecular complexity index is 803. The number of rotatable bonds is 5. The monoisotopic (exact) mass is 344 g/mol. The highest BCUT2D eigenvalue weighted by Crippen LogP contribution is 2.23. The van der Waals surface area contributed by atoms with Crippen LogP contribution in [-0.4, -0.2) is 27.9 Å². The lowest BCUT2D eigenvalue weighted by Gasteiger charge is -2.13. The number of nitrogens with zero attached hydrogens (tertiary/aromatic N) is 2. The van der Waals surface area contributed by atoms with Crippen molar-refractivity contribution in [1.82, 2.24) is 15.5 Å². The predicted octanol–water partition coefficient (Wildman–Crippen LogP) is 2.96. The molecule has 0 bridgehead atoms. The summed E-state index contributed by atoms with van der Waals surface area (Å²) in [4.78, 5) is 12.1. The quantitative estimate of drug-likeness (QED) is 0.661. The number of amides is 2. The minimum Gasteiger partial charge on any atom is -0.423 e. The zero-order chi connectivity index (χ0) is 16.9. The van der Waals surface area contributed by atoms with Crippen molar-refractivity contribution in [2.75, 3.05) is 11.9 Å². The smallest absolute Gasteiger partial charge is 0.319 e. The Labute approximate surface area is 142 Å². The van der Waals surface area contributed by atoms with Gasteiger partial charge in [0.15, 0.2) is 0 Å². The number of nitrogens with one attached hydrogen (secondary N) is 2. The molecule has 124 valence electrons. The van der Waals surface area contributed by atoms with E-state index < -0.39 is 12.1 Å². The average molecular weight is 344 g/mol. The summed E-state index contributed by atoms with van der Waals surface area (Å²) in [6.07, 6.45) is 0.522. The molecule has 3 N–H and O–H groups in total. The third-order valence-electron chi connectivity index (χ3n) is 3.48. The Balaban J connectivity index is 1.62. The number of aliphatic hydroxyl groups is 1. The lowest BCUT2D eigenvalue weighted by atomic mass is 10.1. The molecule has 8 heteroatoms. The molecule has 2 aromatic heterocycles. The summed E-state index contributed by atoms with van der Waals surface area (Å²) in [6.45, 7) is 2.01. The van der Waals surface area contributed by atoms with Crippen molar-refractivity contribution in [3.63, 3.8) is 0 Å². The second-order valence-electron chi connectivity index (χ2n) is 5.18. The number of aliphatic hydroxyl groups excluding tert-OH is 1. The van der Waals surface area contributed by atoms with Crippen LogP contribution >= 0.6 is 11.3 Å². The number of urea groups is 1. The van der Waals surface area contributed by atoms with Crippen LogP contribution < -0.4 is 10.6 Å². The zero-order valence-corrected chi connectivity index (χ0v) is 13.7. The molecule has 0 fully saturated rings. The largest absolute Gasteiger partial charge is 0.423 e. The highest BCUT2D eigenvalue weighted by molar-refractivity contribution is 7.07. The molecule has 1 aromatic carbocycles. The molecule has 0 aliphatic rings. The van der Waals surface area contributed by atoms with E-state index in [4.69, 9.17) is 4.42 Å². The molecule has 3 rings (SSSR count). The summed E-state index contributed by atoms with van der Waals surface area (Å²) in [5.74, 6) is 0.381. The van der Waals surface area contributed by atoms with Gasteiger partial charge in [0.25, 0.3) is 0 Å². The Hall–Kier alpha value is -2.71. The summed E-state index contributed by atoms with van der Waals surface area (Å²) in [5.41, 5.74) is 3.03. The summed E-state index contributed by atoms with van der Waals surface area (Å²) < 4.78 is 5.16. The van der Waals surface area contributed by atoms with Crippen molar-refractivity contribution >= 4 is 23.1 Å². The molecule has 0 spiro atoms. The number of hydrogen-bond acceptors (Lipinski definition) is 6. The molecule has 1 unspecified atom stereocenters. The molecule has 24 heavy (non-hydrogen) atoms. The molecule has 0 saturated heterocycles. The van der Waals surface area contributed by atoms with Crippen molar-refractivity contribution < 1.29 is 14.3 Å². The summed E-state index contributed by atoms with van der Waals surface area (Å²) in [6, 6.07) is 6.89. The third kappa shape index (κ3) is 3.79. The van der Waals surface area contributed by atoms with Gasteiger partial charge in [-0.3, -0.25) is 0 Å². The Morgan fingerprint density at radius 2 is 2.29 bits per heavy atom. The predicted molar refractivity (Wildman–Crippen MR) is 90.8 cm³/mol. The van der Waals surface area contributed by atoms with E-state index in [1.165, 1.54) is 17.7 Å². The van der Waals surface area contributed by atoms with Gasteiger partial charge in [0, 0.05) is 17.8 Å². The van der Waals surface area contributed by atoms with E-state index >= 15 is 0 Å². The van der Waals surface area contributed by atoms with E-state index in [1.807, 2.05) is 35.9 Å². The van der Waals surface area contributed by atoms with Crippen LogP contribution in [0.1, 0.15) is 17.2 Å². The number of anilines is 1. The number of carbonyl (C=O) groups is 1. The maximum Gasteiger partial charge on any atom is 0.319 e. The van der Waals surface area contributed by atoms with E-state index in [0.29, 0.717) is 17.1 Å². The standard InChI is InChI=1S/C16H16N4O3S/c1-10-2-3-11(15-20-18-9-23-15)6-13(10)19-16(22)17-7-14(21)12-4-5-24-8-12/h2-6,8-9,14,21H,7H2,1H3,(H2,17,19,22). The van der Waals surface area contributed by atoms with Crippen LogP contribution in [0.25, 0.3) is 11.5 Å². The molecular weight excluding hydrogens is 328 g/mol. The number of thiophene rings is 1. The maximum absolute atomic E-state index is 12.1. The molecule has 0 radical (unpaired) electrons. The van der Waals surface area contributed by atoms with Crippen LogP contribution in [0.15, 0.2) is 45.8 Å². The average Bonchev–Trinajstić information content (AvgIpc) is 3.28. The van der Waals surface area contributed by atoms with Gasteiger partial charge in [0.2, 0.25) is 12.3 Å². The minimum absolute atomic E-state index is 0.130. The first-order valence-electron chi connectivity index (χ1n) is 7.25. The fraction of sp³-hybridized carbons (Fsp3) is 0.188. The first kappa shape index (κ1) is 16.2. The van der Waals surface area contributed by atoms with Gasteiger partial charge in [-0.05, 0) is 47.0 Å². The Morgan fingerprint density at radius 1 is 1.42 bits per heavy atom. The van der Waals surface area contributed by atoms with Gasteiger partial charge in [-0.1, -0.05) is 6.07 Å². The number of carbonyl (C=O) groups excluding carboxylic acids is 1. The number of hydrogen-bond donors (Lipinski definition) is 3. The number of aromatic nitrogens is 2. The molecule has 1 atom stereocenters. The molecule has 2 amide bonds. The van der Waals surface area contributed by atoms with Crippen LogP contribution in [0.3, 0.4) is 0 Å².